The molecule has 0 saturated heterocycles. The van der Waals surface area contributed by atoms with E-state index < -0.39 is 0 Å². The average molecular weight is 208 g/mol. The van der Waals surface area contributed by atoms with E-state index >= 15 is 0 Å². The molecule has 13 heavy (non-hydrogen) atoms. The van der Waals surface area contributed by atoms with Gasteiger partial charge in [0.25, 0.3) is 0 Å². The van der Waals surface area contributed by atoms with Crippen LogP contribution in [-0.4, -0.2) is 5.91 Å². The first-order valence-electron chi connectivity index (χ1n) is 5.01. The van der Waals surface area contributed by atoms with Gasteiger partial charge in [0.05, 0.1) is 0 Å². The van der Waals surface area contributed by atoms with Crippen molar-refractivity contribution in [1.29, 1.82) is 0 Å². The molecule has 0 aromatic carbocycles. The number of carbonyl (C=O) groups excluding carboxylic acids is 1. The van der Waals surface area contributed by atoms with Crippen molar-refractivity contribution in [2.45, 2.75) is 52.4 Å². The summed E-state index contributed by atoms with van der Waals surface area (Å²) in [6, 6.07) is 0. The first-order valence-corrected chi connectivity index (χ1v) is 5.01. The van der Waals surface area contributed by atoms with Crippen LogP contribution >= 0.6 is 12.4 Å². The zero-order chi connectivity index (χ0) is 9.40. The standard InChI is InChI=1S/C10H21NO.ClH/c1-3-5-6-7-8-9(4-2)10(11)12;/h9H,3-8H2,1-2H3,(H2,11,12);1H. The fourth-order valence-corrected chi connectivity index (χ4v) is 1.37. The molecule has 0 aliphatic carbocycles. The summed E-state index contributed by atoms with van der Waals surface area (Å²) in [4.78, 5) is 10.8. The lowest BCUT2D eigenvalue weighted by Crippen LogP contribution is -2.22. The molecule has 0 bridgehead atoms. The van der Waals surface area contributed by atoms with E-state index in [4.69, 9.17) is 5.73 Å². The van der Waals surface area contributed by atoms with E-state index in [1.807, 2.05) is 6.92 Å². The molecule has 2 N–H and O–H groups in total. The van der Waals surface area contributed by atoms with Crippen molar-refractivity contribution in [2.24, 2.45) is 11.7 Å². The molecule has 0 spiro atoms. The lowest BCUT2D eigenvalue weighted by atomic mass is 9.98. The van der Waals surface area contributed by atoms with Crippen molar-refractivity contribution in [2.75, 3.05) is 0 Å². The van der Waals surface area contributed by atoms with Gasteiger partial charge in [-0.25, -0.2) is 0 Å². The van der Waals surface area contributed by atoms with Crippen molar-refractivity contribution >= 4 is 18.3 Å². The van der Waals surface area contributed by atoms with Crippen LogP contribution in [0.25, 0.3) is 0 Å². The van der Waals surface area contributed by atoms with E-state index in [9.17, 15) is 4.79 Å². The van der Waals surface area contributed by atoms with Gasteiger partial charge in [-0.2, -0.15) is 0 Å². The largest absolute Gasteiger partial charge is 0.369 e. The molecule has 3 heteroatoms. The van der Waals surface area contributed by atoms with Crippen LogP contribution in [0.4, 0.5) is 0 Å². The van der Waals surface area contributed by atoms with E-state index in [0.717, 1.165) is 19.3 Å². The zero-order valence-electron chi connectivity index (χ0n) is 8.71. The van der Waals surface area contributed by atoms with E-state index in [1.54, 1.807) is 0 Å². The van der Waals surface area contributed by atoms with Crippen LogP contribution in [0.5, 0.6) is 0 Å². The molecule has 0 aliphatic rings. The molecule has 0 heterocycles. The highest BCUT2D eigenvalue weighted by atomic mass is 35.5. The monoisotopic (exact) mass is 207 g/mol. The fourth-order valence-electron chi connectivity index (χ4n) is 1.37. The quantitative estimate of drug-likeness (QED) is 0.641. The molecule has 0 aliphatic heterocycles. The molecule has 2 nitrogen and oxygen atoms in total. The first kappa shape index (κ1) is 15.2. The molecule has 1 amide bonds. The number of hydrogen-bond donors (Lipinski definition) is 1. The van der Waals surface area contributed by atoms with Gasteiger partial charge < -0.3 is 5.73 Å². The summed E-state index contributed by atoms with van der Waals surface area (Å²) in [6.07, 6.45) is 6.77. The zero-order valence-corrected chi connectivity index (χ0v) is 9.53. The van der Waals surface area contributed by atoms with Gasteiger partial charge in [-0.15, -0.1) is 12.4 Å². The maximum Gasteiger partial charge on any atom is 0.220 e. The Morgan fingerprint density at radius 1 is 1.23 bits per heavy atom. The highest BCUT2D eigenvalue weighted by Gasteiger charge is 2.11. The molecular formula is C10H22ClNO. The van der Waals surface area contributed by atoms with Crippen LogP contribution in [-0.2, 0) is 4.79 Å². The molecule has 0 aromatic rings. The van der Waals surface area contributed by atoms with Crippen LogP contribution in [0.2, 0.25) is 0 Å². The van der Waals surface area contributed by atoms with Crippen LogP contribution in [0, 0.1) is 5.92 Å². The van der Waals surface area contributed by atoms with Crippen LogP contribution in [0.15, 0.2) is 0 Å². The van der Waals surface area contributed by atoms with Crippen molar-refractivity contribution in [3.63, 3.8) is 0 Å². The Morgan fingerprint density at radius 2 is 1.85 bits per heavy atom. The highest BCUT2D eigenvalue weighted by Crippen LogP contribution is 2.13. The Morgan fingerprint density at radius 3 is 2.23 bits per heavy atom. The molecule has 1 atom stereocenters. The number of amides is 1. The van der Waals surface area contributed by atoms with E-state index in [1.165, 1.54) is 19.3 Å². The summed E-state index contributed by atoms with van der Waals surface area (Å²) >= 11 is 0. The van der Waals surface area contributed by atoms with Gasteiger partial charge in [-0.05, 0) is 12.8 Å². The van der Waals surface area contributed by atoms with E-state index in [2.05, 4.69) is 6.92 Å². The maximum atomic E-state index is 10.8. The summed E-state index contributed by atoms with van der Waals surface area (Å²) in [7, 11) is 0. The van der Waals surface area contributed by atoms with Gasteiger partial charge in [0.1, 0.15) is 0 Å². The molecule has 0 rings (SSSR count). The Labute approximate surface area is 87.7 Å². The number of rotatable bonds is 7. The first-order chi connectivity index (χ1) is 5.72. The third-order valence-electron chi connectivity index (χ3n) is 2.30. The van der Waals surface area contributed by atoms with Gasteiger partial charge in [-0.1, -0.05) is 39.5 Å². The summed E-state index contributed by atoms with van der Waals surface area (Å²) in [5, 5.41) is 0. The summed E-state index contributed by atoms with van der Waals surface area (Å²) in [6.45, 7) is 4.21. The number of nitrogens with two attached hydrogens (primary N) is 1. The molecule has 80 valence electrons. The Kier molecular flexibility index (Phi) is 11.5. The number of carbonyl (C=O) groups is 1. The van der Waals surface area contributed by atoms with Gasteiger partial charge >= 0.3 is 0 Å². The topological polar surface area (TPSA) is 43.1 Å². The second-order valence-corrected chi connectivity index (χ2v) is 3.36. The summed E-state index contributed by atoms with van der Waals surface area (Å²) in [5.74, 6) is -0.0177. The van der Waals surface area contributed by atoms with Crippen LogP contribution in [0.3, 0.4) is 0 Å². The highest BCUT2D eigenvalue weighted by molar-refractivity contribution is 5.85. The minimum absolute atomic E-state index is 0. The Balaban J connectivity index is 0. The predicted molar refractivity (Wildman–Crippen MR) is 59.0 cm³/mol. The second-order valence-electron chi connectivity index (χ2n) is 3.36. The minimum atomic E-state index is -0.131. The summed E-state index contributed by atoms with van der Waals surface area (Å²) in [5.41, 5.74) is 5.22. The number of primary amides is 1. The third kappa shape index (κ3) is 8.10. The van der Waals surface area contributed by atoms with Crippen molar-refractivity contribution in [3.05, 3.63) is 0 Å². The van der Waals surface area contributed by atoms with Gasteiger partial charge in [0.2, 0.25) is 5.91 Å². The number of unbranched alkanes of at least 4 members (excludes halogenated alkanes) is 3. The number of hydrogen-bond acceptors (Lipinski definition) is 1. The lowest BCUT2D eigenvalue weighted by Gasteiger charge is -2.09. The average Bonchev–Trinajstić information content (AvgIpc) is 2.04. The summed E-state index contributed by atoms with van der Waals surface area (Å²) < 4.78 is 0. The van der Waals surface area contributed by atoms with Crippen LogP contribution in [0.1, 0.15) is 52.4 Å². The molecule has 0 aromatic heterocycles. The molecule has 0 fully saturated rings. The predicted octanol–water partition coefficient (Wildman–Crippen LogP) is 2.89. The van der Waals surface area contributed by atoms with Gasteiger partial charge in [-0.3, -0.25) is 4.79 Å². The van der Waals surface area contributed by atoms with Gasteiger partial charge in [0.15, 0.2) is 0 Å². The van der Waals surface area contributed by atoms with E-state index in [0.29, 0.717) is 0 Å². The smallest absolute Gasteiger partial charge is 0.220 e. The third-order valence-corrected chi connectivity index (χ3v) is 2.30. The fraction of sp³-hybridized carbons (Fsp3) is 0.900. The van der Waals surface area contributed by atoms with Crippen molar-refractivity contribution in [3.8, 4) is 0 Å². The molecular weight excluding hydrogens is 186 g/mol. The molecule has 1 unspecified atom stereocenters. The Hall–Kier alpha value is -0.240. The normalized spacial score (nSPS) is 11.8. The second kappa shape index (κ2) is 9.85. The van der Waals surface area contributed by atoms with Crippen molar-refractivity contribution in [1.82, 2.24) is 0 Å². The van der Waals surface area contributed by atoms with Crippen molar-refractivity contribution < 1.29 is 4.79 Å². The maximum absolute atomic E-state index is 10.8. The Bertz CT molecular complexity index is 128. The van der Waals surface area contributed by atoms with Crippen LogP contribution < -0.4 is 5.73 Å². The lowest BCUT2D eigenvalue weighted by molar-refractivity contribution is -0.122. The number of halogens is 1. The molecule has 0 saturated carbocycles. The van der Waals surface area contributed by atoms with E-state index in [-0.39, 0.29) is 24.2 Å². The molecule has 0 radical (unpaired) electrons. The minimum Gasteiger partial charge on any atom is -0.369 e. The van der Waals surface area contributed by atoms with Gasteiger partial charge in [0, 0.05) is 5.92 Å². The SMILES string of the molecule is CCCCCCC(CC)C(N)=O.Cl.